The SMILES string of the molecule is [C-]#[N+]CCOP(OC(CC)C1CCCCN1CCCCCCC)N(C(C)C)C(C)C. The summed E-state index contributed by atoms with van der Waals surface area (Å²) in [5.41, 5.74) is 0. The van der Waals surface area contributed by atoms with Gasteiger partial charge >= 0.3 is 0 Å². The third-order valence-corrected chi connectivity index (χ3v) is 8.08. The van der Waals surface area contributed by atoms with Crippen molar-refractivity contribution < 1.29 is 9.05 Å². The molecule has 3 atom stereocenters. The van der Waals surface area contributed by atoms with Gasteiger partial charge in [0, 0.05) is 18.1 Å². The highest BCUT2D eigenvalue weighted by Crippen LogP contribution is 2.48. The molecule has 1 saturated heterocycles. The molecule has 0 spiro atoms. The van der Waals surface area contributed by atoms with Crippen LogP contribution in [0.1, 0.15) is 99.3 Å². The van der Waals surface area contributed by atoms with Gasteiger partial charge in [-0.3, -0.25) is 4.90 Å². The van der Waals surface area contributed by atoms with Crippen LogP contribution in [0, 0.1) is 6.57 Å². The molecule has 0 saturated carbocycles. The van der Waals surface area contributed by atoms with Gasteiger partial charge in [-0.1, -0.05) is 46.0 Å². The molecule has 1 aliphatic heterocycles. The predicted molar refractivity (Wildman–Crippen MR) is 130 cm³/mol. The Morgan fingerprint density at radius 3 is 2.37 bits per heavy atom. The van der Waals surface area contributed by atoms with E-state index >= 15 is 0 Å². The minimum Gasteiger partial charge on any atom is -0.317 e. The van der Waals surface area contributed by atoms with Crippen molar-refractivity contribution in [2.75, 3.05) is 26.2 Å². The molecule has 1 aliphatic rings. The number of hydrogen-bond acceptors (Lipinski definition) is 4. The molecule has 1 fully saturated rings. The van der Waals surface area contributed by atoms with Crippen LogP contribution < -0.4 is 0 Å². The van der Waals surface area contributed by atoms with Crippen LogP contribution in [0.15, 0.2) is 0 Å². The first-order valence-corrected chi connectivity index (χ1v) is 13.5. The molecule has 0 aromatic carbocycles. The molecule has 30 heavy (non-hydrogen) atoms. The lowest BCUT2D eigenvalue weighted by atomic mass is 9.95. The van der Waals surface area contributed by atoms with Crippen molar-refractivity contribution in [3.8, 4) is 0 Å². The molecule has 0 bridgehead atoms. The molecular formula is C24H48N3O2P. The number of unbranched alkanes of at least 4 members (excludes halogenated alkanes) is 4. The number of hydrogen-bond donors (Lipinski definition) is 0. The third kappa shape index (κ3) is 9.92. The first-order valence-electron chi connectivity index (χ1n) is 12.4. The van der Waals surface area contributed by atoms with Crippen LogP contribution in [-0.4, -0.2) is 60.0 Å². The Kier molecular flexibility index (Phi) is 15.2. The first kappa shape index (κ1) is 27.8. The van der Waals surface area contributed by atoms with Crippen molar-refractivity contribution >= 4 is 8.53 Å². The van der Waals surface area contributed by atoms with Crippen LogP contribution in [0.5, 0.6) is 0 Å². The normalized spacial score (nSPS) is 20.1. The van der Waals surface area contributed by atoms with Crippen molar-refractivity contribution in [3.05, 3.63) is 11.4 Å². The Morgan fingerprint density at radius 1 is 1.07 bits per heavy atom. The van der Waals surface area contributed by atoms with Gasteiger partial charge in [-0.2, -0.15) is 0 Å². The summed E-state index contributed by atoms with van der Waals surface area (Å²) in [6.45, 7) is 23.7. The third-order valence-electron chi connectivity index (χ3n) is 5.92. The van der Waals surface area contributed by atoms with E-state index < -0.39 is 8.53 Å². The Morgan fingerprint density at radius 2 is 1.77 bits per heavy atom. The van der Waals surface area contributed by atoms with Crippen molar-refractivity contribution in [1.82, 2.24) is 9.57 Å². The van der Waals surface area contributed by atoms with E-state index in [4.69, 9.17) is 15.6 Å². The Bertz CT molecular complexity index is 462. The number of nitrogens with zero attached hydrogens (tertiary/aromatic N) is 3. The fourth-order valence-electron chi connectivity index (χ4n) is 4.46. The van der Waals surface area contributed by atoms with E-state index in [1.807, 2.05) is 0 Å². The average Bonchev–Trinajstić information content (AvgIpc) is 2.71. The molecule has 0 N–H and O–H groups in total. The minimum absolute atomic E-state index is 0.194. The fraction of sp³-hybridized carbons (Fsp3) is 0.958. The highest BCUT2D eigenvalue weighted by molar-refractivity contribution is 7.44. The molecule has 0 aromatic rings. The van der Waals surface area contributed by atoms with Gasteiger partial charge in [-0.15, -0.1) is 0 Å². The Hall–Kier alpha value is -0.240. The minimum atomic E-state index is -1.16. The molecule has 5 nitrogen and oxygen atoms in total. The quantitative estimate of drug-likeness (QED) is 0.148. The van der Waals surface area contributed by atoms with E-state index in [0.29, 0.717) is 31.3 Å². The summed E-state index contributed by atoms with van der Waals surface area (Å²) < 4.78 is 15.3. The van der Waals surface area contributed by atoms with E-state index in [9.17, 15) is 0 Å². The van der Waals surface area contributed by atoms with Crippen LogP contribution in [0.3, 0.4) is 0 Å². The standard InChI is InChI=1S/C24H48N3O2P/c1-8-10-11-12-14-18-26-19-15-13-16-23(26)24(9-2)29-30(28-20-17-25-7)27(21(3)4)22(5)6/h21-24H,8-20H2,1-6H3. The van der Waals surface area contributed by atoms with Gasteiger partial charge in [-0.05, 0) is 66.5 Å². The Labute approximate surface area is 188 Å². The molecule has 176 valence electrons. The molecule has 1 heterocycles. The van der Waals surface area contributed by atoms with Crippen LogP contribution in [0.4, 0.5) is 0 Å². The molecule has 0 aliphatic carbocycles. The van der Waals surface area contributed by atoms with Gasteiger partial charge in [0.05, 0.1) is 6.10 Å². The largest absolute Gasteiger partial charge is 0.317 e. The van der Waals surface area contributed by atoms with Gasteiger partial charge in [0.1, 0.15) is 6.61 Å². The van der Waals surface area contributed by atoms with Gasteiger partial charge in [0.15, 0.2) is 0 Å². The highest BCUT2D eigenvalue weighted by atomic mass is 31.2. The van der Waals surface area contributed by atoms with Crippen molar-refractivity contribution in [2.45, 2.75) is 124 Å². The lowest BCUT2D eigenvalue weighted by molar-refractivity contribution is 0.0260. The summed E-state index contributed by atoms with van der Waals surface area (Å²) in [6, 6.07) is 1.19. The lowest BCUT2D eigenvalue weighted by Crippen LogP contribution is -2.48. The van der Waals surface area contributed by atoms with Gasteiger partial charge in [-0.25, -0.2) is 11.2 Å². The van der Waals surface area contributed by atoms with Gasteiger partial charge < -0.3 is 13.9 Å². The van der Waals surface area contributed by atoms with Crippen molar-refractivity contribution in [3.63, 3.8) is 0 Å². The highest BCUT2D eigenvalue weighted by Gasteiger charge is 2.35. The summed E-state index contributed by atoms with van der Waals surface area (Å²) in [5, 5.41) is 0. The summed E-state index contributed by atoms with van der Waals surface area (Å²) in [6.07, 6.45) is 11.7. The first-order chi connectivity index (χ1) is 14.5. The molecule has 0 amide bonds. The maximum absolute atomic E-state index is 7.09. The maximum Gasteiger partial charge on any atom is 0.259 e. The molecule has 1 rings (SSSR count). The fourth-order valence-corrected chi connectivity index (χ4v) is 6.27. The summed E-state index contributed by atoms with van der Waals surface area (Å²) >= 11 is 0. The van der Waals surface area contributed by atoms with E-state index in [2.05, 4.69) is 56.0 Å². The molecular weight excluding hydrogens is 393 g/mol. The Balaban J connectivity index is 2.82. The van der Waals surface area contributed by atoms with E-state index in [0.717, 1.165) is 6.42 Å². The zero-order valence-corrected chi connectivity index (χ0v) is 21.5. The maximum atomic E-state index is 7.09. The van der Waals surface area contributed by atoms with Crippen LogP contribution in [-0.2, 0) is 9.05 Å². The molecule has 6 heteroatoms. The zero-order chi connectivity index (χ0) is 22.4. The second-order valence-corrected chi connectivity index (χ2v) is 10.5. The second-order valence-electron chi connectivity index (χ2n) is 9.09. The zero-order valence-electron chi connectivity index (χ0n) is 20.6. The van der Waals surface area contributed by atoms with Crippen molar-refractivity contribution in [1.29, 1.82) is 0 Å². The number of likely N-dealkylation sites (tertiary alicyclic amines) is 1. The predicted octanol–water partition coefficient (Wildman–Crippen LogP) is 6.89. The van der Waals surface area contributed by atoms with Crippen LogP contribution in [0.2, 0.25) is 0 Å². The monoisotopic (exact) mass is 441 g/mol. The smallest absolute Gasteiger partial charge is 0.259 e. The topological polar surface area (TPSA) is 29.3 Å². The lowest BCUT2D eigenvalue weighted by Gasteiger charge is -2.43. The molecule has 0 radical (unpaired) electrons. The van der Waals surface area contributed by atoms with Crippen molar-refractivity contribution in [2.24, 2.45) is 0 Å². The van der Waals surface area contributed by atoms with Gasteiger partial charge in [0.25, 0.3) is 8.53 Å². The van der Waals surface area contributed by atoms with E-state index in [1.54, 1.807) is 0 Å². The summed E-state index contributed by atoms with van der Waals surface area (Å²) in [7, 11) is -1.16. The van der Waals surface area contributed by atoms with Crippen LogP contribution >= 0.6 is 8.53 Å². The second kappa shape index (κ2) is 16.4. The summed E-state index contributed by atoms with van der Waals surface area (Å²) in [5.74, 6) is 0. The van der Waals surface area contributed by atoms with Gasteiger partial charge in [0.2, 0.25) is 6.54 Å². The molecule has 0 aromatic heterocycles. The number of rotatable bonds is 16. The van der Waals surface area contributed by atoms with E-state index in [-0.39, 0.29) is 6.10 Å². The molecule has 3 unspecified atom stereocenters. The average molecular weight is 442 g/mol. The van der Waals surface area contributed by atoms with Crippen LogP contribution in [0.25, 0.3) is 4.85 Å². The van der Waals surface area contributed by atoms with E-state index in [1.165, 1.54) is 64.5 Å². The number of piperidine rings is 1. The summed E-state index contributed by atoms with van der Waals surface area (Å²) in [4.78, 5) is 6.17.